The molecule has 0 bridgehead atoms. The van der Waals surface area contributed by atoms with Crippen molar-refractivity contribution in [2.45, 2.75) is 12.8 Å². The van der Waals surface area contributed by atoms with E-state index in [0.29, 0.717) is 12.5 Å². The van der Waals surface area contributed by atoms with Crippen LogP contribution in [-0.2, 0) is 9.53 Å². The molecule has 0 aliphatic carbocycles. The molecule has 1 aliphatic heterocycles. The number of benzene rings is 1. The first-order chi connectivity index (χ1) is 9.78. The van der Waals surface area contributed by atoms with Gasteiger partial charge in [0.2, 0.25) is 5.91 Å². The summed E-state index contributed by atoms with van der Waals surface area (Å²) in [6, 6.07) is 7.27. The Balaban J connectivity index is 1.64. The standard InChI is InChI=1S/C15H22N2O3/c1-19-14-4-2-3-13(9-14)17-15(18)11-20-8-6-12-5-7-16-10-12/h2-4,9,12,16H,5-8,10-11H2,1H3,(H,17,18). The number of carbonyl (C=O) groups is 1. The van der Waals surface area contributed by atoms with Gasteiger partial charge in [-0.25, -0.2) is 0 Å². The lowest BCUT2D eigenvalue weighted by molar-refractivity contribution is -0.120. The number of ether oxygens (including phenoxy) is 2. The fourth-order valence-electron chi connectivity index (χ4n) is 2.27. The third-order valence-corrected chi connectivity index (χ3v) is 3.42. The van der Waals surface area contributed by atoms with Gasteiger partial charge in [-0.05, 0) is 44.0 Å². The Morgan fingerprint density at radius 3 is 3.15 bits per heavy atom. The summed E-state index contributed by atoms with van der Waals surface area (Å²) in [6.07, 6.45) is 2.22. The molecule has 2 rings (SSSR count). The van der Waals surface area contributed by atoms with Crippen LogP contribution in [0.1, 0.15) is 12.8 Å². The maximum atomic E-state index is 11.7. The summed E-state index contributed by atoms with van der Waals surface area (Å²) in [5.41, 5.74) is 0.720. The third kappa shape index (κ3) is 4.83. The lowest BCUT2D eigenvalue weighted by Crippen LogP contribution is -2.19. The molecule has 1 heterocycles. The highest BCUT2D eigenvalue weighted by molar-refractivity contribution is 5.91. The molecule has 5 heteroatoms. The molecule has 1 atom stereocenters. The molecule has 110 valence electrons. The maximum Gasteiger partial charge on any atom is 0.250 e. The molecule has 1 amide bonds. The molecule has 1 aliphatic rings. The predicted molar refractivity (Wildman–Crippen MR) is 78.0 cm³/mol. The molecular weight excluding hydrogens is 256 g/mol. The summed E-state index contributed by atoms with van der Waals surface area (Å²) < 4.78 is 10.5. The quantitative estimate of drug-likeness (QED) is 0.745. The average Bonchev–Trinajstić information content (AvgIpc) is 2.97. The molecule has 0 aromatic heterocycles. The van der Waals surface area contributed by atoms with E-state index in [-0.39, 0.29) is 12.5 Å². The number of anilines is 1. The maximum absolute atomic E-state index is 11.7. The van der Waals surface area contributed by atoms with Gasteiger partial charge in [-0.15, -0.1) is 0 Å². The number of amides is 1. The van der Waals surface area contributed by atoms with Gasteiger partial charge < -0.3 is 20.1 Å². The van der Waals surface area contributed by atoms with E-state index in [1.807, 2.05) is 18.2 Å². The Hall–Kier alpha value is -1.59. The first-order valence-corrected chi connectivity index (χ1v) is 7.00. The highest BCUT2D eigenvalue weighted by Crippen LogP contribution is 2.16. The minimum atomic E-state index is -0.136. The SMILES string of the molecule is COc1cccc(NC(=O)COCCC2CCNC2)c1. The number of hydrogen-bond donors (Lipinski definition) is 2. The first-order valence-electron chi connectivity index (χ1n) is 7.00. The smallest absolute Gasteiger partial charge is 0.250 e. The van der Waals surface area contributed by atoms with Gasteiger partial charge in [0, 0.05) is 18.4 Å². The highest BCUT2D eigenvalue weighted by Gasteiger charge is 2.14. The fourth-order valence-corrected chi connectivity index (χ4v) is 2.27. The van der Waals surface area contributed by atoms with Crippen LogP contribution in [0.2, 0.25) is 0 Å². The second-order valence-corrected chi connectivity index (χ2v) is 4.98. The highest BCUT2D eigenvalue weighted by atomic mass is 16.5. The van der Waals surface area contributed by atoms with Gasteiger partial charge in [-0.3, -0.25) is 4.79 Å². The zero-order valence-corrected chi connectivity index (χ0v) is 11.9. The van der Waals surface area contributed by atoms with Crippen molar-refractivity contribution in [2.75, 3.05) is 38.7 Å². The Morgan fingerprint density at radius 2 is 2.40 bits per heavy atom. The van der Waals surface area contributed by atoms with Gasteiger partial charge in [0.1, 0.15) is 12.4 Å². The molecular formula is C15H22N2O3. The van der Waals surface area contributed by atoms with Crippen LogP contribution < -0.4 is 15.4 Å². The second-order valence-electron chi connectivity index (χ2n) is 4.98. The van der Waals surface area contributed by atoms with Gasteiger partial charge >= 0.3 is 0 Å². The van der Waals surface area contributed by atoms with Gasteiger partial charge in [0.15, 0.2) is 0 Å². The van der Waals surface area contributed by atoms with Gasteiger partial charge in [-0.2, -0.15) is 0 Å². The Bertz CT molecular complexity index is 431. The van der Waals surface area contributed by atoms with Crippen LogP contribution in [0.4, 0.5) is 5.69 Å². The Kier molecular flexibility index (Phi) is 5.83. The molecule has 1 fully saturated rings. The number of carbonyl (C=O) groups excluding carboxylic acids is 1. The van der Waals surface area contributed by atoms with E-state index in [4.69, 9.17) is 9.47 Å². The van der Waals surface area contributed by atoms with E-state index in [1.54, 1.807) is 13.2 Å². The molecule has 1 aromatic carbocycles. The van der Waals surface area contributed by atoms with Crippen LogP contribution in [0.15, 0.2) is 24.3 Å². The zero-order valence-electron chi connectivity index (χ0n) is 11.9. The van der Waals surface area contributed by atoms with Crippen molar-refractivity contribution in [3.63, 3.8) is 0 Å². The molecule has 1 saturated heterocycles. The summed E-state index contributed by atoms with van der Waals surface area (Å²) in [7, 11) is 1.60. The van der Waals surface area contributed by atoms with Crippen LogP contribution in [0.3, 0.4) is 0 Å². The summed E-state index contributed by atoms with van der Waals surface area (Å²) in [5.74, 6) is 1.27. The number of nitrogens with one attached hydrogen (secondary N) is 2. The monoisotopic (exact) mass is 278 g/mol. The van der Waals surface area contributed by atoms with Crippen molar-refractivity contribution >= 4 is 11.6 Å². The topological polar surface area (TPSA) is 59.6 Å². The minimum absolute atomic E-state index is 0.0946. The molecule has 20 heavy (non-hydrogen) atoms. The molecule has 0 saturated carbocycles. The largest absolute Gasteiger partial charge is 0.497 e. The Labute approximate surface area is 119 Å². The molecule has 5 nitrogen and oxygen atoms in total. The van der Waals surface area contributed by atoms with Crippen molar-refractivity contribution in [1.82, 2.24) is 5.32 Å². The van der Waals surface area contributed by atoms with E-state index < -0.39 is 0 Å². The number of hydrogen-bond acceptors (Lipinski definition) is 4. The second kappa shape index (κ2) is 7.87. The molecule has 0 spiro atoms. The minimum Gasteiger partial charge on any atom is -0.497 e. The van der Waals surface area contributed by atoms with Crippen molar-refractivity contribution < 1.29 is 14.3 Å². The van der Waals surface area contributed by atoms with Gasteiger partial charge in [0.05, 0.1) is 7.11 Å². The molecule has 1 aromatic rings. The van der Waals surface area contributed by atoms with E-state index in [0.717, 1.165) is 30.9 Å². The van der Waals surface area contributed by atoms with Crippen LogP contribution in [0.25, 0.3) is 0 Å². The Morgan fingerprint density at radius 1 is 1.50 bits per heavy atom. The number of rotatable bonds is 7. The van der Waals surface area contributed by atoms with Crippen molar-refractivity contribution in [1.29, 1.82) is 0 Å². The summed E-state index contributed by atoms with van der Waals surface area (Å²) in [4.78, 5) is 11.7. The molecule has 2 N–H and O–H groups in total. The van der Waals surface area contributed by atoms with Crippen molar-refractivity contribution in [3.8, 4) is 5.75 Å². The van der Waals surface area contributed by atoms with E-state index in [9.17, 15) is 4.79 Å². The van der Waals surface area contributed by atoms with E-state index in [1.165, 1.54) is 6.42 Å². The van der Waals surface area contributed by atoms with E-state index >= 15 is 0 Å². The lowest BCUT2D eigenvalue weighted by Gasteiger charge is -2.09. The van der Waals surface area contributed by atoms with Crippen LogP contribution >= 0.6 is 0 Å². The van der Waals surface area contributed by atoms with Crippen molar-refractivity contribution in [2.24, 2.45) is 5.92 Å². The summed E-state index contributed by atoms with van der Waals surface area (Å²) >= 11 is 0. The predicted octanol–water partition coefficient (Wildman–Crippen LogP) is 1.65. The average molecular weight is 278 g/mol. The summed E-state index contributed by atoms with van der Waals surface area (Å²) in [6.45, 7) is 2.90. The normalized spacial score (nSPS) is 17.9. The van der Waals surface area contributed by atoms with Crippen LogP contribution in [0, 0.1) is 5.92 Å². The third-order valence-electron chi connectivity index (χ3n) is 3.42. The van der Waals surface area contributed by atoms with Crippen molar-refractivity contribution in [3.05, 3.63) is 24.3 Å². The summed E-state index contributed by atoms with van der Waals surface area (Å²) in [5, 5.41) is 6.11. The van der Waals surface area contributed by atoms with Gasteiger partial charge in [0.25, 0.3) is 0 Å². The van der Waals surface area contributed by atoms with Crippen LogP contribution in [-0.4, -0.2) is 39.3 Å². The van der Waals surface area contributed by atoms with E-state index in [2.05, 4.69) is 10.6 Å². The lowest BCUT2D eigenvalue weighted by atomic mass is 10.1. The fraction of sp³-hybridized carbons (Fsp3) is 0.533. The van der Waals surface area contributed by atoms with Crippen LogP contribution in [0.5, 0.6) is 5.75 Å². The zero-order chi connectivity index (χ0) is 14.2. The van der Waals surface area contributed by atoms with Gasteiger partial charge in [-0.1, -0.05) is 6.07 Å². The molecule has 1 unspecified atom stereocenters. The molecule has 0 radical (unpaired) electrons. The first kappa shape index (κ1) is 14.8. The number of methoxy groups -OCH3 is 1.